The monoisotopic (exact) mass is 430 g/mol. The Kier molecular flexibility index (Phi) is 5.64. The number of pyridine rings is 1. The zero-order valence-electron chi connectivity index (χ0n) is 15.0. The number of anilines is 3. The molecule has 1 aliphatic heterocycles. The molecular weight excluding hydrogens is 413 g/mol. The normalized spacial score (nSPS) is 15.2. The van der Waals surface area contributed by atoms with Gasteiger partial charge in [0.05, 0.1) is 21.7 Å². The lowest BCUT2D eigenvalue weighted by Crippen LogP contribution is -2.29. The van der Waals surface area contributed by atoms with Crippen molar-refractivity contribution in [2.45, 2.75) is 29.7 Å². The highest BCUT2D eigenvalue weighted by atomic mass is 32.2. The van der Waals surface area contributed by atoms with Crippen molar-refractivity contribution in [2.75, 3.05) is 23.3 Å². The second kappa shape index (κ2) is 7.85. The van der Waals surface area contributed by atoms with Crippen LogP contribution in [0.5, 0.6) is 0 Å². The molecule has 8 nitrogen and oxygen atoms in total. The molecule has 0 atom stereocenters. The van der Waals surface area contributed by atoms with Gasteiger partial charge in [-0.1, -0.05) is 0 Å². The average Bonchev–Trinajstić information content (AvgIpc) is 2.68. The minimum Gasteiger partial charge on any atom is -0.357 e. The van der Waals surface area contributed by atoms with Crippen molar-refractivity contribution in [1.29, 1.82) is 0 Å². The lowest BCUT2D eigenvalue weighted by Gasteiger charge is -2.27. The van der Waals surface area contributed by atoms with Gasteiger partial charge in [0.25, 0.3) is 15.5 Å². The number of aromatic nitrogens is 1. The van der Waals surface area contributed by atoms with Gasteiger partial charge in [-0.15, -0.1) is 0 Å². The van der Waals surface area contributed by atoms with E-state index >= 15 is 0 Å². The van der Waals surface area contributed by atoms with Gasteiger partial charge in [-0.2, -0.15) is 13.2 Å². The first kappa shape index (κ1) is 20.8. The molecular formula is C17H17F3N4O4S. The van der Waals surface area contributed by atoms with Crippen LogP contribution in [0.3, 0.4) is 0 Å². The lowest BCUT2D eigenvalue weighted by atomic mass is 10.1. The molecule has 12 heteroatoms. The van der Waals surface area contributed by atoms with Crippen molar-refractivity contribution < 1.29 is 26.5 Å². The van der Waals surface area contributed by atoms with Gasteiger partial charge in [-0.05, 0) is 43.5 Å². The lowest BCUT2D eigenvalue weighted by molar-refractivity contribution is -0.384. The maximum atomic E-state index is 12.7. The number of rotatable bonds is 5. The number of benzene rings is 1. The van der Waals surface area contributed by atoms with Crippen LogP contribution in [0.4, 0.5) is 36.1 Å². The van der Waals surface area contributed by atoms with Crippen LogP contribution in [0.1, 0.15) is 19.3 Å². The Labute approximate surface area is 164 Å². The molecule has 0 saturated carbocycles. The molecule has 1 aromatic heterocycles. The number of nitro groups is 1. The Morgan fingerprint density at radius 1 is 1.10 bits per heavy atom. The summed E-state index contributed by atoms with van der Waals surface area (Å²) in [6, 6.07) is 5.37. The van der Waals surface area contributed by atoms with Crippen molar-refractivity contribution in [3.63, 3.8) is 0 Å². The topological polar surface area (TPSA) is 105 Å². The summed E-state index contributed by atoms with van der Waals surface area (Å²) in [5.74, 6) is 0.761. The third-order valence-electron chi connectivity index (χ3n) is 4.49. The van der Waals surface area contributed by atoms with Gasteiger partial charge in [0.1, 0.15) is 11.5 Å². The van der Waals surface area contributed by atoms with Crippen molar-refractivity contribution in [3.05, 3.63) is 46.6 Å². The van der Waals surface area contributed by atoms with Gasteiger partial charge >= 0.3 is 5.51 Å². The Hall–Kier alpha value is -2.89. The van der Waals surface area contributed by atoms with E-state index in [2.05, 4.69) is 15.2 Å². The van der Waals surface area contributed by atoms with Gasteiger partial charge in [0.15, 0.2) is 0 Å². The summed E-state index contributed by atoms with van der Waals surface area (Å²) in [7, 11) is -5.69. The predicted molar refractivity (Wildman–Crippen MR) is 99.9 cm³/mol. The molecule has 3 rings (SSSR count). The van der Waals surface area contributed by atoms with Crippen LogP contribution in [0.25, 0.3) is 0 Å². The van der Waals surface area contributed by atoms with E-state index in [0.717, 1.165) is 37.8 Å². The maximum absolute atomic E-state index is 12.7. The highest BCUT2D eigenvalue weighted by Crippen LogP contribution is 2.35. The molecule has 1 N–H and O–H groups in total. The second-order valence-corrected chi connectivity index (χ2v) is 8.40. The average molecular weight is 430 g/mol. The van der Waals surface area contributed by atoms with Crippen molar-refractivity contribution in [3.8, 4) is 0 Å². The molecule has 1 aliphatic rings. The molecule has 0 spiro atoms. The Bertz CT molecular complexity index is 1000. The Morgan fingerprint density at radius 2 is 1.79 bits per heavy atom. The standard InChI is InChI=1S/C17H17F3N4O4S/c18-17(19,20)29(27,28)13-5-6-14(15(10-13)24(25)26)22-12-4-7-16(21-11-12)23-8-2-1-3-9-23/h4-7,10-11,22H,1-3,8-9H2. The second-order valence-electron chi connectivity index (χ2n) is 6.46. The molecule has 1 aromatic carbocycles. The molecule has 29 heavy (non-hydrogen) atoms. The number of nitrogens with one attached hydrogen (secondary N) is 1. The summed E-state index contributed by atoms with van der Waals surface area (Å²) in [6.07, 6.45) is 4.76. The fraction of sp³-hybridized carbons (Fsp3) is 0.353. The van der Waals surface area contributed by atoms with Gasteiger partial charge in [0, 0.05) is 19.2 Å². The van der Waals surface area contributed by atoms with E-state index in [1.54, 1.807) is 12.1 Å². The minimum absolute atomic E-state index is 0.149. The number of hydrogen-bond acceptors (Lipinski definition) is 7. The number of nitrogens with zero attached hydrogens (tertiary/aromatic N) is 3. The first-order valence-corrected chi connectivity index (χ1v) is 10.2. The van der Waals surface area contributed by atoms with Gasteiger partial charge in [-0.3, -0.25) is 10.1 Å². The van der Waals surface area contributed by atoms with E-state index in [1.807, 2.05) is 0 Å². The Balaban J connectivity index is 1.86. The molecule has 1 saturated heterocycles. The number of alkyl halides is 3. The number of hydrogen-bond donors (Lipinski definition) is 1. The quantitative estimate of drug-likeness (QED) is 0.564. The Morgan fingerprint density at radius 3 is 2.34 bits per heavy atom. The van der Waals surface area contributed by atoms with Crippen molar-refractivity contribution in [2.24, 2.45) is 0 Å². The minimum atomic E-state index is -5.69. The van der Waals surface area contributed by atoms with E-state index < -0.39 is 30.9 Å². The maximum Gasteiger partial charge on any atom is 0.501 e. The third kappa shape index (κ3) is 4.42. The predicted octanol–water partition coefficient (Wildman–Crippen LogP) is 4.02. The fourth-order valence-corrected chi connectivity index (χ4v) is 3.78. The zero-order valence-corrected chi connectivity index (χ0v) is 15.8. The largest absolute Gasteiger partial charge is 0.501 e. The zero-order chi connectivity index (χ0) is 21.2. The van der Waals surface area contributed by atoms with Crippen LogP contribution in [-0.2, 0) is 9.84 Å². The van der Waals surface area contributed by atoms with Crippen molar-refractivity contribution >= 4 is 32.7 Å². The smallest absolute Gasteiger partial charge is 0.357 e. The van der Waals surface area contributed by atoms with Crippen LogP contribution >= 0.6 is 0 Å². The molecule has 156 valence electrons. The SMILES string of the molecule is O=[N+]([O-])c1cc(S(=O)(=O)C(F)(F)F)ccc1Nc1ccc(N2CCCCC2)nc1. The molecule has 0 radical (unpaired) electrons. The van der Waals surface area contributed by atoms with E-state index in [4.69, 9.17) is 0 Å². The highest BCUT2D eigenvalue weighted by Gasteiger charge is 2.47. The molecule has 2 heterocycles. The molecule has 0 aliphatic carbocycles. The summed E-state index contributed by atoms with van der Waals surface area (Å²) < 4.78 is 61.1. The number of sulfone groups is 1. The first-order valence-electron chi connectivity index (χ1n) is 8.67. The molecule has 1 fully saturated rings. The van der Waals surface area contributed by atoms with Crippen LogP contribution in [0.2, 0.25) is 0 Å². The summed E-state index contributed by atoms with van der Waals surface area (Å²) in [4.78, 5) is 15.6. The first-order chi connectivity index (χ1) is 13.6. The summed E-state index contributed by atoms with van der Waals surface area (Å²) >= 11 is 0. The number of halogens is 3. The summed E-state index contributed by atoms with van der Waals surface area (Å²) in [5.41, 5.74) is -6.12. The molecule has 2 aromatic rings. The van der Waals surface area contributed by atoms with Crippen molar-refractivity contribution in [1.82, 2.24) is 4.98 Å². The van der Waals surface area contributed by atoms with Gasteiger partial charge in [-0.25, -0.2) is 13.4 Å². The van der Waals surface area contributed by atoms with Gasteiger partial charge in [0.2, 0.25) is 0 Å². The van der Waals surface area contributed by atoms with E-state index in [-0.39, 0.29) is 5.69 Å². The highest BCUT2D eigenvalue weighted by molar-refractivity contribution is 7.92. The molecule has 0 bridgehead atoms. The third-order valence-corrected chi connectivity index (χ3v) is 5.97. The van der Waals surface area contributed by atoms with Crippen LogP contribution in [0.15, 0.2) is 41.4 Å². The fourth-order valence-electron chi connectivity index (χ4n) is 2.99. The summed E-state index contributed by atoms with van der Waals surface area (Å²) in [5, 5.41) is 14.0. The van der Waals surface area contributed by atoms with Crippen LogP contribution in [-0.4, -0.2) is 36.9 Å². The van der Waals surface area contributed by atoms with Crippen LogP contribution in [0, 0.1) is 10.1 Å². The number of nitro benzene ring substituents is 1. The van der Waals surface area contributed by atoms with E-state index in [0.29, 0.717) is 17.8 Å². The van der Waals surface area contributed by atoms with Gasteiger partial charge < -0.3 is 10.2 Å². The van der Waals surface area contributed by atoms with E-state index in [1.165, 1.54) is 12.6 Å². The van der Waals surface area contributed by atoms with Crippen LogP contribution < -0.4 is 10.2 Å². The van der Waals surface area contributed by atoms with E-state index in [9.17, 15) is 31.7 Å². The summed E-state index contributed by atoms with van der Waals surface area (Å²) in [6.45, 7) is 1.78. The molecule has 0 amide bonds. The molecule has 0 unspecified atom stereocenters. The number of piperidine rings is 1.